The second-order valence-electron chi connectivity index (χ2n) is 4.59. The van der Waals surface area contributed by atoms with Crippen molar-refractivity contribution in [2.75, 3.05) is 25.1 Å². The van der Waals surface area contributed by atoms with Crippen molar-refractivity contribution in [1.29, 1.82) is 0 Å². The molecule has 2 aromatic rings. The highest BCUT2D eigenvalue weighted by atomic mass is 32.1. The molecule has 1 aromatic heterocycles. The minimum absolute atomic E-state index is 0.788. The van der Waals surface area contributed by atoms with Crippen molar-refractivity contribution in [3.8, 4) is 0 Å². The number of nitrogen functional groups attached to an aromatic ring is 1. The molecule has 1 heterocycles. The maximum Gasteiger partial charge on any atom is 0.0514 e. The SMILES string of the molecule is CN(C)Cc1ccc(NCc2sccc2N)cc1. The van der Waals surface area contributed by atoms with Gasteiger partial charge in [0.2, 0.25) is 0 Å². The van der Waals surface area contributed by atoms with Crippen LogP contribution in [0.15, 0.2) is 35.7 Å². The molecule has 2 rings (SSSR count). The molecular weight excluding hydrogens is 242 g/mol. The van der Waals surface area contributed by atoms with E-state index in [-0.39, 0.29) is 0 Å². The lowest BCUT2D eigenvalue weighted by molar-refractivity contribution is 0.402. The standard InChI is InChI=1S/C14H19N3S/c1-17(2)10-11-3-5-12(6-4-11)16-9-14-13(15)7-8-18-14/h3-8,16H,9-10,15H2,1-2H3. The first kappa shape index (κ1) is 12.9. The van der Waals surface area contributed by atoms with Crippen LogP contribution in [0.25, 0.3) is 0 Å². The van der Waals surface area contributed by atoms with E-state index < -0.39 is 0 Å². The molecular formula is C14H19N3S. The number of hydrogen-bond donors (Lipinski definition) is 2. The maximum absolute atomic E-state index is 5.85. The van der Waals surface area contributed by atoms with Crippen LogP contribution in [0.3, 0.4) is 0 Å². The van der Waals surface area contributed by atoms with Gasteiger partial charge in [0.05, 0.1) is 6.54 Å². The number of nitrogens with two attached hydrogens (primary N) is 1. The molecule has 0 saturated heterocycles. The molecule has 0 atom stereocenters. The molecule has 18 heavy (non-hydrogen) atoms. The van der Waals surface area contributed by atoms with Crippen molar-refractivity contribution in [3.05, 3.63) is 46.2 Å². The van der Waals surface area contributed by atoms with Gasteiger partial charge in [0.1, 0.15) is 0 Å². The summed E-state index contributed by atoms with van der Waals surface area (Å²) in [7, 11) is 4.15. The summed E-state index contributed by atoms with van der Waals surface area (Å²) in [5.41, 5.74) is 9.17. The molecule has 0 aliphatic heterocycles. The molecule has 1 aromatic carbocycles. The lowest BCUT2D eigenvalue weighted by atomic mass is 10.2. The highest BCUT2D eigenvalue weighted by molar-refractivity contribution is 7.10. The average molecular weight is 261 g/mol. The van der Waals surface area contributed by atoms with E-state index in [2.05, 4.69) is 48.6 Å². The van der Waals surface area contributed by atoms with Crippen molar-refractivity contribution in [2.45, 2.75) is 13.1 Å². The van der Waals surface area contributed by atoms with Gasteiger partial charge in [-0.2, -0.15) is 0 Å². The molecule has 0 bridgehead atoms. The Bertz CT molecular complexity index is 488. The summed E-state index contributed by atoms with van der Waals surface area (Å²) in [6, 6.07) is 10.5. The number of rotatable bonds is 5. The fourth-order valence-electron chi connectivity index (χ4n) is 1.77. The third kappa shape index (κ3) is 3.48. The highest BCUT2D eigenvalue weighted by Gasteiger charge is 2.00. The monoisotopic (exact) mass is 261 g/mol. The van der Waals surface area contributed by atoms with E-state index in [1.54, 1.807) is 11.3 Å². The van der Waals surface area contributed by atoms with E-state index in [4.69, 9.17) is 5.73 Å². The lowest BCUT2D eigenvalue weighted by Crippen LogP contribution is -2.10. The molecule has 0 spiro atoms. The normalized spacial score (nSPS) is 10.8. The van der Waals surface area contributed by atoms with Crippen LogP contribution in [0.5, 0.6) is 0 Å². The zero-order valence-electron chi connectivity index (χ0n) is 10.8. The predicted molar refractivity (Wildman–Crippen MR) is 79.9 cm³/mol. The first-order valence-electron chi connectivity index (χ1n) is 5.94. The van der Waals surface area contributed by atoms with Crippen LogP contribution in [0.2, 0.25) is 0 Å². The van der Waals surface area contributed by atoms with Crippen LogP contribution in [0, 0.1) is 0 Å². The van der Waals surface area contributed by atoms with E-state index >= 15 is 0 Å². The molecule has 0 radical (unpaired) electrons. The summed E-state index contributed by atoms with van der Waals surface area (Å²) in [6.45, 7) is 1.76. The van der Waals surface area contributed by atoms with Gasteiger partial charge in [0.15, 0.2) is 0 Å². The molecule has 0 amide bonds. The van der Waals surface area contributed by atoms with Gasteiger partial charge in [0, 0.05) is 22.8 Å². The predicted octanol–water partition coefficient (Wildman–Crippen LogP) is 3.00. The van der Waals surface area contributed by atoms with Crippen molar-refractivity contribution in [2.24, 2.45) is 0 Å². The summed E-state index contributed by atoms with van der Waals surface area (Å²) in [5.74, 6) is 0. The molecule has 0 aliphatic carbocycles. The molecule has 0 unspecified atom stereocenters. The fourth-order valence-corrected chi connectivity index (χ4v) is 2.51. The van der Waals surface area contributed by atoms with Gasteiger partial charge in [-0.15, -0.1) is 11.3 Å². The summed E-state index contributed by atoms with van der Waals surface area (Å²) >= 11 is 1.69. The van der Waals surface area contributed by atoms with E-state index in [1.165, 1.54) is 10.4 Å². The molecule has 4 heteroatoms. The molecule has 3 N–H and O–H groups in total. The Hall–Kier alpha value is -1.52. The van der Waals surface area contributed by atoms with Crippen molar-refractivity contribution >= 4 is 22.7 Å². The summed E-state index contributed by atoms with van der Waals surface area (Å²) in [5, 5.41) is 5.41. The number of nitrogens with zero attached hydrogens (tertiary/aromatic N) is 1. The molecule has 0 fully saturated rings. The molecule has 96 valence electrons. The Balaban J connectivity index is 1.92. The van der Waals surface area contributed by atoms with E-state index in [0.717, 1.165) is 24.5 Å². The molecule has 3 nitrogen and oxygen atoms in total. The molecule has 0 aliphatic rings. The van der Waals surface area contributed by atoms with Crippen LogP contribution in [0.1, 0.15) is 10.4 Å². The van der Waals surface area contributed by atoms with Gasteiger partial charge in [-0.1, -0.05) is 12.1 Å². The second-order valence-corrected chi connectivity index (χ2v) is 5.59. The van der Waals surface area contributed by atoms with Gasteiger partial charge in [-0.3, -0.25) is 0 Å². The fraction of sp³-hybridized carbons (Fsp3) is 0.286. The third-order valence-corrected chi connectivity index (χ3v) is 3.62. The number of nitrogens with one attached hydrogen (secondary N) is 1. The smallest absolute Gasteiger partial charge is 0.0514 e. The third-order valence-electron chi connectivity index (χ3n) is 2.69. The minimum atomic E-state index is 0.788. The number of benzene rings is 1. The Labute approximate surface area is 112 Å². The first-order valence-corrected chi connectivity index (χ1v) is 6.82. The quantitative estimate of drug-likeness (QED) is 0.869. The van der Waals surface area contributed by atoms with Gasteiger partial charge in [-0.25, -0.2) is 0 Å². The number of anilines is 2. The summed E-state index contributed by atoms with van der Waals surface area (Å²) < 4.78 is 0. The van der Waals surface area contributed by atoms with Crippen LogP contribution in [-0.4, -0.2) is 19.0 Å². The lowest BCUT2D eigenvalue weighted by Gasteiger charge is -2.11. The van der Waals surface area contributed by atoms with E-state index in [0.29, 0.717) is 0 Å². The zero-order chi connectivity index (χ0) is 13.0. The van der Waals surface area contributed by atoms with Crippen molar-refractivity contribution < 1.29 is 0 Å². The van der Waals surface area contributed by atoms with Crippen LogP contribution >= 0.6 is 11.3 Å². The van der Waals surface area contributed by atoms with Gasteiger partial charge in [-0.05, 0) is 43.2 Å². The average Bonchev–Trinajstić information content (AvgIpc) is 2.73. The van der Waals surface area contributed by atoms with Crippen molar-refractivity contribution in [1.82, 2.24) is 4.90 Å². The van der Waals surface area contributed by atoms with E-state index in [9.17, 15) is 0 Å². The van der Waals surface area contributed by atoms with Crippen LogP contribution in [-0.2, 0) is 13.1 Å². The Morgan fingerprint density at radius 1 is 1.17 bits per heavy atom. The number of thiophene rings is 1. The Morgan fingerprint density at radius 3 is 2.44 bits per heavy atom. The van der Waals surface area contributed by atoms with Crippen LogP contribution < -0.4 is 11.1 Å². The topological polar surface area (TPSA) is 41.3 Å². The summed E-state index contributed by atoms with van der Waals surface area (Å²) in [4.78, 5) is 3.35. The second kappa shape index (κ2) is 5.89. The Morgan fingerprint density at radius 2 is 1.89 bits per heavy atom. The van der Waals surface area contributed by atoms with Crippen LogP contribution in [0.4, 0.5) is 11.4 Å². The highest BCUT2D eigenvalue weighted by Crippen LogP contribution is 2.20. The summed E-state index contributed by atoms with van der Waals surface area (Å²) in [6.07, 6.45) is 0. The van der Waals surface area contributed by atoms with Gasteiger partial charge >= 0.3 is 0 Å². The largest absolute Gasteiger partial charge is 0.398 e. The molecule has 0 saturated carbocycles. The first-order chi connectivity index (χ1) is 8.65. The zero-order valence-corrected chi connectivity index (χ0v) is 11.6. The van der Waals surface area contributed by atoms with Gasteiger partial charge in [0.25, 0.3) is 0 Å². The van der Waals surface area contributed by atoms with Crippen molar-refractivity contribution in [3.63, 3.8) is 0 Å². The van der Waals surface area contributed by atoms with Gasteiger partial charge < -0.3 is 16.0 Å². The number of hydrogen-bond acceptors (Lipinski definition) is 4. The minimum Gasteiger partial charge on any atom is -0.398 e. The Kier molecular flexibility index (Phi) is 4.23. The van der Waals surface area contributed by atoms with E-state index in [1.807, 2.05) is 11.4 Å². The maximum atomic E-state index is 5.85.